The molecule has 0 aliphatic heterocycles. The first-order valence-electron chi connectivity index (χ1n) is 8.49. The van der Waals surface area contributed by atoms with E-state index in [2.05, 4.69) is 27.4 Å². The molecule has 2 unspecified atom stereocenters. The number of furan rings is 1. The van der Waals surface area contributed by atoms with Crippen LogP contribution < -0.4 is 0 Å². The van der Waals surface area contributed by atoms with Crippen molar-refractivity contribution in [3.05, 3.63) is 47.0 Å². The molecule has 3 rings (SSSR count). The Morgan fingerprint density at radius 2 is 2.00 bits per heavy atom. The molecule has 2 atom stereocenters. The molecule has 2 aliphatic carbocycles. The Hall–Kier alpha value is -1.28. The average Bonchev–Trinajstić information content (AvgIpc) is 2.80. The van der Waals surface area contributed by atoms with Crippen LogP contribution in [0.15, 0.2) is 34.5 Å². The van der Waals surface area contributed by atoms with Crippen LogP contribution in [-0.4, -0.2) is 11.2 Å². The number of fused-ring (bicyclic) bond motifs is 1. The van der Waals surface area contributed by atoms with Crippen LogP contribution >= 0.6 is 0 Å². The zero-order valence-corrected chi connectivity index (χ0v) is 14.1. The second-order valence-electron chi connectivity index (χ2n) is 7.77. The van der Waals surface area contributed by atoms with E-state index in [4.69, 9.17) is 4.42 Å². The Bertz CT molecular complexity index is 603. The molecule has 0 radical (unpaired) electrons. The molecule has 0 saturated heterocycles. The van der Waals surface area contributed by atoms with E-state index in [-0.39, 0.29) is 5.41 Å². The fourth-order valence-corrected chi connectivity index (χ4v) is 4.40. The van der Waals surface area contributed by atoms with Gasteiger partial charge in [0.15, 0.2) is 0 Å². The van der Waals surface area contributed by atoms with Crippen LogP contribution in [0.2, 0.25) is 0 Å². The third-order valence-electron chi connectivity index (χ3n) is 5.63. The highest BCUT2D eigenvalue weighted by molar-refractivity contribution is 5.40. The van der Waals surface area contributed by atoms with Gasteiger partial charge in [0, 0.05) is 12.0 Å². The van der Waals surface area contributed by atoms with Gasteiger partial charge < -0.3 is 9.52 Å². The van der Waals surface area contributed by atoms with Crippen molar-refractivity contribution in [3.63, 3.8) is 0 Å². The molecule has 2 nitrogen and oxygen atoms in total. The molecule has 2 bridgehead atoms. The van der Waals surface area contributed by atoms with Crippen LogP contribution in [0, 0.1) is 5.92 Å². The van der Waals surface area contributed by atoms with E-state index >= 15 is 0 Å². The summed E-state index contributed by atoms with van der Waals surface area (Å²) in [7, 11) is 0. The lowest BCUT2D eigenvalue weighted by molar-refractivity contribution is 0.217. The van der Waals surface area contributed by atoms with Gasteiger partial charge in [0.25, 0.3) is 0 Å². The second kappa shape index (κ2) is 5.73. The van der Waals surface area contributed by atoms with E-state index in [1.165, 1.54) is 28.7 Å². The third kappa shape index (κ3) is 2.81. The molecule has 0 aromatic carbocycles. The van der Waals surface area contributed by atoms with Gasteiger partial charge in [0.2, 0.25) is 0 Å². The summed E-state index contributed by atoms with van der Waals surface area (Å²) in [5.74, 6) is 1.76. The molecule has 0 saturated carbocycles. The van der Waals surface area contributed by atoms with Crippen LogP contribution in [0.4, 0.5) is 0 Å². The highest BCUT2D eigenvalue weighted by atomic mass is 16.3. The lowest BCUT2D eigenvalue weighted by atomic mass is 9.64. The summed E-state index contributed by atoms with van der Waals surface area (Å²) in [4.78, 5) is 0. The summed E-state index contributed by atoms with van der Waals surface area (Å²) in [6.07, 6.45) is 9.52. The molecule has 1 heterocycles. The smallest absolute Gasteiger partial charge is 0.111 e. The van der Waals surface area contributed by atoms with E-state index in [0.29, 0.717) is 12.3 Å². The number of rotatable bonds is 0. The maximum Gasteiger partial charge on any atom is 0.111 e. The summed E-state index contributed by atoms with van der Waals surface area (Å²) in [5, 5.41) is 10.2. The fraction of sp³-hybridized carbons (Fsp3) is 0.600. The molecular weight excluding hydrogens is 272 g/mol. The van der Waals surface area contributed by atoms with Gasteiger partial charge in [-0.2, -0.15) is 0 Å². The Kier molecular flexibility index (Phi) is 4.07. The zero-order chi connectivity index (χ0) is 15.9. The summed E-state index contributed by atoms with van der Waals surface area (Å²) >= 11 is 0. The van der Waals surface area contributed by atoms with Crippen molar-refractivity contribution in [2.75, 3.05) is 0 Å². The lowest BCUT2D eigenvalue weighted by Gasteiger charge is -2.40. The van der Waals surface area contributed by atoms with Crippen LogP contribution in [0.1, 0.15) is 63.3 Å². The lowest BCUT2D eigenvalue weighted by Crippen LogP contribution is -2.34. The standard InChI is InChI=1S/C20H28O2/c1-13-5-7-16-8-6-15-12-22-18(19(15)20(16,3)4)11-14(2)10-17(21)9-13/h10,12,16-17,21H,1,5-9,11H2,2-4H3/b14-10+. The van der Waals surface area contributed by atoms with E-state index in [0.717, 1.165) is 31.4 Å². The van der Waals surface area contributed by atoms with Gasteiger partial charge in [-0.25, -0.2) is 0 Å². The van der Waals surface area contributed by atoms with Crippen molar-refractivity contribution >= 4 is 0 Å². The van der Waals surface area contributed by atoms with Crippen LogP contribution in [0.25, 0.3) is 0 Å². The fourth-order valence-electron chi connectivity index (χ4n) is 4.40. The minimum atomic E-state index is -0.417. The first-order valence-corrected chi connectivity index (χ1v) is 8.49. The van der Waals surface area contributed by atoms with Gasteiger partial charge in [-0.1, -0.05) is 37.6 Å². The maximum atomic E-state index is 10.2. The van der Waals surface area contributed by atoms with Crippen molar-refractivity contribution < 1.29 is 9.52 Å². The minimum absolute atomic E-state index is 0.161. The topological polar surface area (TPSA) is 33.4 Å². The Labute approximate surface area is 133 Å². The highest BCUT2D eigenvalue weighted by Crippen LogP contribution is 2.46. The molecule has 0 spiro atoms. The van der Waals surface area contributed by atoms with Crippen molar-refractivity contribution in [2.45, 2.75) is 70.8 Å². The predicted octanol–water partition coefficient (Wildman–Crippen LogP) is 4.71. The molecular formula is C20H28O2. The van der Waals surface area contributed by atoms with Gasteiger partial charge in [0.1, 0.15) is 5.76 Å². The molecule has 22 heavy (non-hydrogen) atoms. The molecule has 1 aromatic rings. The van der Waals surface area contributed by atoms with E-state index in [9.17, 15) is 5.11 Å². The number of aryl methyl sites for hydroxylation is 1. The van der Waals surface area contributed by atoms with Gasteiger partial charge in [-0.15, -0.1) is 0 Å². The molecule has 2 aliphatic rings. The second-order valence-corrected chi connectivity index (χ2v) is 7.77. The number of aliphatic hydroxyl groups is 1. The molecule has 1 N–H and O–H groups in total. The Balaban J connectivity index is 2.04. The Morgan fingerprint density at radius 1 is 1.27 bits per heavy atom. The van der Waals surface area contributed by atoms with Crippen molar-refractivity contribution in [1.29, 1.82) is 0 Å². The summed E-state index contributed by atoms with van der Waals surface area (Å²) in [6.45, 7) is 11.0. The number of allylic oxidation sites excluding steroid dienone is 1. The molecule has 0 amide bonds. The van der Waals surface area contributed by atoms with Crippen molar-refractivity contribution in [2.24, 2.45) is 5.92 Å². The largest absolute Gasteiger partial charge is 0.468 e. The molecule has 0 fully saturated rings. The van der Waals surface area contributed by atoms with Gasteiger partial charge in [0.05, 0.1) is 12.4 Å². The number of aliphatic hydroxyl groups excluding tert-OH is 1. The average molecular weight is 300 g/mol. The molecule has 2 heteroatoms. The number of hydrogen-bond acceptors (Lipinski definition) is 2. The van der Waals surface area contributed by atoms with Crippen LogP contribution in [0.3, 0.4) is 0 Å². The SMILES string of the molecule is C=C1CCC2CCc3coc(c3C2(C)C)C/C(C)=C/C(O)C1. The van der Waals surface area contributed by atoms with Crippen LogP contribution in [-0.2, 0) is 18.3 Å². The van der Waals surface area contributed by atoms with Gasteiger partial charge >= 0.3 is 0 Å². The normalized spacial score (nSPS) is 30.9. The van der Waals surface area contributed by atoms with E-state index in [1.807, 2.05) is 12.3 Å². The molecule has 120 valence electrons. The highest BCUT2D eigenvalue weighted by Gasteiger charge is 2.39. The summed E-state index contributed by atoms with van der Waals surface area (Å²) < 4.78 is 5.93. The van der Waals surface area contributed by atoms with Crippen molar-refractivity contribution in [3.8, 4) is 0 Å². The van der Waals surface area contributed by atoms with E-state index in [1.54, 1.807) is 0 Å². The monoisotopic (exact) mass is 300 g/mol. The van der Waals surface area contributed by atoms with Gasteiger partial charge in [-0.05, 0) is 55.9 Å². The third-order valence-corrected chi connectivity index (χ3v) is 5.63. The first-order chi connectivity index (χ1) is 10.4. The van der Waals surface area contributed by atoms with Crippen molar-refractivity contribution in [1.82, 2.24) is 0 Å². The number of hydrogen-bond donors (Lipinski definition) is 1. The van der Waals surface area contributed by atoms with Gasteiger partial charge in [-0.3, -0.25) is 0 Å². The minimum Gasteiger partial charge on any atom is -0.468 e. The maximum absolute atomic E-state index is 10.2. The quantitative estimate of drug-likeness (QED) is 0.704. The molecule has 1 aromatic heterocycles. The van der Waals surface area contributed by atoms with Crippen LogP contribution in [0.5, 0.6) is 0 Å². The Morgan fingerprint density at radius 3 is 2.77 bits per heavy atom. The predicted molar refractivity (Wildman–Crippen MR) is 90.0 cm³/mol. The summed E-state index contributed by atoms with van der Waals surface area (Å²) in [6, 6.07) is 0. The summed E-state index contributed by atoms with van der Waals surface area (Å²) in [5.41, 5.74) is 5.33. The first kappa shape index (κ1) is 15.6. The zero-order valence-electron chi connectivity index (χ0n) is 14.1. The van der Waals surface area contributed by atoms with E-state index < -0.39 is 6.10 Å².